The second kappa shape index (κ2) is 5.55. The molecule has 1 aromatic carbocycles. The van der Waals surface area contributed by atoms with Crippen molar-refractivity contribution in [3.63, 3.8) is 0 Å². The van der Waals surface area contributed by atoms with E-state index in [-0.39, 0.29) is 11.7 Å². The van der Waals surface area contributed by atoms with Gasteiger partial charge in [0.1, 0.15) is 5.75 Å². The Balaban J connectivity index is 2.13. The number of ether oxygens (including phenoxy) is 1. The van der Waals surface area contributed by atoms with Gasteiger partial charge in [-0.05, 0) is 24.3 Å². The number of methoxy groups -OCH3 is 1. The summed E-state index contributed by atoms with van der Waals surface area (Å²) >= 11 is 0. The number of aromatic nitrogens is 2. The van der Waals surface area contributed by atoms with Crippen molar-refractivity contribution in [2.75, 3.05) is 7.11 Å². The van der Waals surface area contributed by atoms with E-state index in [4.69, 9.17) is 9.26 Å². The zero-order valence-electron chi connectivity index (χ0n) is 9.97. The molecule has 0 atom stereocenters. The van der Waals surface area contributed by atoms with Crippen molar-refractivity contribution < 1.29 is 22.8 Å². The minimum Gasteiger partial charge on any atom is -0.497 e. The minimum atomic E-state index is -3.03. The van der Waals surface area contributed by atoms with Gasteiger partial charge in [-0.2, -0.15) is 4.98 Å². The summed E-state index contributed by atoms with van der Waals surface area (Å²) in [6, 6.07) is 6.80. The van der Waals surface area contributed by atoms with Gasteiger partial charge in [-0.1, -0.05) is 5.16 Å². The fraction of sp³-hybridized carbons (Fsp3) is 0.250. The average molecular weight is 268 g/mol. The van der Waals surface area contributed by atoms with Crippen molar-refractivity contribution in [3.05, 3.63) is 30.2 Å². The fourth-order valence-electron chi connectivity index (χ4n) is 1.41. The molecule has 0 radical (unpaired) electrons. The first-order valence-electron chi connectivity index (χ1n) is 5.38. The predicted molar refractivity (Wildman–Crippen MR) is 61.0 cm³/mol. The monoisotopic (exact) mass is 268 g/mol. The number of hydrogen-bond acceptors (Lipinski definition) is 5. The Bertz CT molecular complexity index is 567. The molecule has 0 fully saturated rings. The predicted octanol–water partition coefficient (Wildman–Crippen LogP) is 2.12. The van der Waals surface area contributed by atoms with Gasteiger partial charge in [0.25, 0.3) is 6.43 Å². The van der Waals surface area contributed by atoms with Gasteiger partial charge in [-0.3, -0.25) is 4.79 Å². The van der Waals surface area contributed by atoms with Gasteiger partial charge in [0.2, 0.25) is 17.5 Å². The number of halogens is 2. The van der Waals surface area contributed by atoms with Crippen LogP contribution in [0.4, 0.5) is 8.78 Å². The third kappa shape index (κ3) is 3.12. The summed E-state index contributed by atoms with van der Waals surface area (Å²) in [4.78, 5) is 14.7. The Hall–Kier alpha value is -2.31. The number of hydrogen-bond donors (Lipinski definition) is 0. The molecule has 1 aromatic heterocycles. The fourth-order valence-corrected chi connectivity index (χ4v) is 1.41. The highest BCUT2D eigenvalue weighted by molar-refractivity contribution is 5.83. The number of Topliss-reactive ketones (excluding diaryl/α,β-unsaturated/α-hetero) is 1. The average Bonchev–Trinajstić information content (AvgIpc) is 2.87. The van der Waals surface area contributed by atoms with Gasteiger partial charge in [0.15, 0.2) is 0 Å². The lowest BCUT2D eigenvalue weighted by Crippen LogP contribution is -2.12. The van der Waals surface area contributed by atoms with Gasteiger partial charge in [-0.15, -0.1) is 0 Å². The first-order chi connectivity index (χ1) is 9.10. The van der Waals surface area contributed by atoms with E-state index in [2.05, 4.69) is 10.1 Å². The van der Waals surface area contributed by atoms with Gasteiger partial charge in [-0.25, -0.2) is 8.78 Å². The van der Waals surface area contributed by atoms with E-state index >= 15 is 0 Å². The van der Waals surface area contributed by atoms with Crippen LogP contribution in [0.1, 0.15) is 5.89 Å². The first kappa shape index (κ1) is 13.1. The van der Waals surface area contributed by atoms with Crippen LogP contribution in [0.5, 0.6) is 5.75 Å². The molecule has 2 rings (SSSR count). The smallest absolute Gasteiger partial charge is 0.296 e. The van der Waals surface area contributed by atoms with E-state index < -0.39 is 18.6 Å². The Morgan fingerprint density at radius 1 is 1.37 bits per heavy atom. The number of carbonyl (C=O) groups is 1. The molecule has 19 heavy (non-hydrogen) atoms. The molecule has 7 heteroatoms. The maximum atomic E-state index is 12.1. The van der Waals surface area contributed by atoms with E-state index in [1.165, 1.54) is 7.11 Å². The van der Waals surface area contributed by atoms with Crippen molar-refractivity contribution in [2.24, 2.45) is 0 Å². The molecule has 0 aliphatic heterocycles. The molecule has 2 aromatic rings. The lowest BCUT2D eigenvalue weighted by molar-refractivity contribution is -0.129. The molecular weight excluding hydrogens is 258 g/mol. The highest BCUT2D eigenvalue weighted by atomic mass is 19.3. The topological polar surface area (TPSA) is 65.2 Å². The Morgan fingerprint density at radius 2 is 2.05 bits per heavy atom. The van der Waals surface area contributed by atoms with Crippen molar-refractivity contribution in [3.8, 4) is 17.1 Å². The summed E-state index contributed by atoms with van der Waals surface area (Å²) < 4.78 is 33.9. The first-order valence-corrected chi connectivity index (χ1v) is 5.38. The highest BCUT2D eigenvalue weighted by Gasteiger charge is 2.19. The molecule has 0 saturated carbocycles. The third-order valence-corrected chi connectivity index (χ3v) is 2.39. The molecular formula is C12H10F2N2O3. The van der Waals surface area contributed by atoms with E-state index in [9.17, 15) is 13.6 Å². The highest BCUT2D eigenvalue weighted by Crippen LogP contribution is 2.19. The van der Waals surface area contributed by atoms with Crippen LogP contribution in [0.25, 0.3) is 11.4 Å². The van der Waals surface area contributed by atoms with Crippen LogP contribution in [0, 0.1) is 0 Å². The summed E-state index contributed by atoms with van der Waals surface area (Å²) in [6.45, 7) is 0. The van der Waals surface area contributed by atoms with Crippen molar-refractivity contribution in [2.45, 2.75) is 12.8 Å². The molecule has 0 spiro atoms. The Morgan fingerprint density at radius 3 is 2.63 bits per heavy atom. The zero-order valence-corrected chi connectivity index (χ0v) is 9.97. The van der Waals surface area contributed by atoms with Gasteiger partial charge in [0.05, 0.1) is 13.5 Å². The van der Waals surface area contributed by atoms with Crippen molar-refractivity contribution >= 4 is 5.78 Å². The molecule has 0 bridgehead atoms. The number of benzene rings is 1. The molecule has 0 N–H and O–H groups in total. The summed E-state index contributed by atoms with van der Waals surface area (Å²) in [5.74, 6) is -0.471. The number of nitrogens with zero attached hydrogens (tertiary/aromatic N) is 2. The van der Waals surface area contributed by atoms with Crippen LogP contribution in [-0.2, 0) is 11.2 Å². The van der Waals surface area contributed by atoms with Crippen LogP contribution in [-0.4, -0.2) is 29.5 Å². The summed E-state index contributed by atoms with van der Waals surface area (Å²) in [5.41, 5.74) is 0.639. The summed E-state index contributed by atoms with van der Waals surface area (Å²) in [6.07, 6.45) is -3.60. The van der Waals surface area contributed by atoms with Crippen molar-refractivity contribution in [1.29, 1.82) is 0 Å². The van der Waals surface area contributed by atoms with Crippen LogP contribution in [0.3, 0.4) is 0 Å². The minimum absolute atomic E-state index is 0.129. The lowest BCUT2D eigenvalue weighted by atomic mass is 10.2. The zero-order chi connectivity index (χ0) is 13.8. The largest absolute Gasteiger partial charge is 0.497 e. The number of rotatable bonds is 5. The molecule has 5 nitrogen and oxygen atoms in total. The Kier molecular flexibility index (Phi) is 3.84. The number of carbonyl (C=O) groups excluding carboxylic acids is 1. The molecule has 0 saturated heterocycles. The normalized spacial score (nSPS) is 10.7. The quantitative estimate of drug-likeness (QED) is 0.831. The standard InChI is InChI=1S/C12H10F2N2O3/c1-18-8-4-2-7(3-5-8)12-15-10(19-16-12)6-9(17)11(13)14/h2-5,11H,6H2,1H3. The Labute approximate surface area is 107 Å². The SMILES string of the molecule is COc1ccc(-c2noc(CC(=O)C(F)F)n2)cc1. The van der Waals surface area contributed by atoms with Crippen LogP contribution in [0.2, 0.25) is 0 Å². The van der Waals surface area contributed by atoms with E-state index in [0.29, 0.717) is 11.3 Å². The third-order valence-electron chi connectivity index (χ3n) is 2.39. The molecule has 0 unspecified atom stereocenters. The second-order valence-electron chi connectivity index (χ2n) is 3.68. The van der Waals surface area contributed by atoms with Crippen molar-refractivity contribution in [1.82, 2.24) is 10.1 Å². The molecule has 0 amide bonds. The van der Waals surface area contributed by atoms with Gasteiger partial charge >= 0.3 is 0 Å². The lowest BCUT2D eigenvalue weighted by Gasteiger charge is -1.98. The van der Waals surface area contributed by atoms with E-state index in [1.807, 2.05) is 0 Å². The van der Waals surface area contributed by atoms with Crippen LogP contribution in [0.15, 0.2) is 28.8 Å². The molecule has 100 valence electrons. The summed E-state index contributed by atoms with van der Waals surface area (Å²) in [7, 11) is 1.54. The van der Waals surface area contributed by atoms with Crippen LogP contribution < -0.4 is 4.74 Å². The molecule has 1 heterocycles. The number of alkyl halides is 2. The van der Waals surface area contributed by atoms with Gasteiger partial charge in [0, 0.05) is 5.56 Å². The van der Waals surface area contributed by atoms with Crippen LogP contribution >= 0.6 is 0 Å². The van der Waals surface area contributed by atoms with E-state index in [0.717, 1.165) is 0 Å². The maximum Gasteiger partial charge on any atom is 0.296 e. The second-order valence-corrected chi connectivity index (χ2v) is 3.68. The molecule has 0 aliphatic rings. The maximum absolute atomic E-state index is 12.1. The van der Waals surface area contributed by atoms with E-state index in [1.54, 1.807) is 24.3 Å². The van der Waals surface area contributed by atoms with Gasteiger partial charge < -0.3 is 9.26 Å². The molecule has 0 aliphatic carbocycles. The number of ketones is 1. The summed E-state index contributed by atoms with van der Waals surface area (Å²) in [5, 5.41) is 3.63.